The molecule has 0 spiro atoms. The Balaban J connectivity index is 1.58. The molecule has 31 heavy (non-hydrogen) atoms. The molecule has 1 aromatic carbocycles. The van der Waals surface area contributed by atoms with Crippen LogP contribution in [0.2, 0.25) is 0 Å². The molecular formula is C20H16F2N6O3. The van der Waals surface area contributed by atoms with E-state index in [-0.39, 0.29) is 29.6 Å². The van der Waals surface area contributed by atoms with Gasteiger partial charge in [0.1, 0.15) is 12.3 Å². The van der Waals surface area contributed by atoms with E-state index < -0.39 is 18.4 Å². The van der Waals surface area contributed by atoms with Crippen LogP contribution >= 0.6 is 0 Å². The van der Waals surface area contributed by atoms with Crippen LogP contribution < -0.4 is 20.3 Å². The van der Waals surface area contributed by atoms with Gasteiger partial charge in [-0.25, -0.2) is 23.5 Å². The Morgan fingerprint density at radius 2 is 1.97 bits per heavy atom. The number of halogens is 2. The molecule has 158 valence electrons. The van der Waals surface area contributed by atoms with Gasteiger partial charge in [0.25, 0.3) is 12.3 Å². The van der Waals surface area contributed by atoms with Crippen molar-refractivity contribution in [2.45, 2.75) is 13.3 Å². The molecule has 0 atom stereocenters. The number of nitrogens with zero attached hydrogens (tertiary/aromatic N) is 5. The molecule has 1 aliphatic heterocycles. The predicted octanol–water partition coefficient (Wildman–Crippen LogP) is 3.47. The van der Waals surface area contributed by atoms with Crippen molar-refractivity contribution in [1.82, 2.24) is 15.0 Å². The molecule has 11 heteroatoms. The lowest BCUT2D eigenvalue weighted by Gasteiger charge is -2.19. The van der Waals surface area contributed by atoms with Crippen molar-refractivity contribution in [3.05, 3.63) is 60.0 Å². The summed E-state index contributed by atoms with van der Waals surface area (Å²) >= 11 is 0. The Hall–Kier alpha value is -4.15. The third kappa shape index (κ3) is 3.97. The fourth-order valence-corrected chi connectivity index (χ4v) is 3.13. The van der Waals surface area contributed by atoms with Gasteiger partial charge in [-0.05, 0) is 36.8 Å². The highest BCUT2D eigenvalue weighted by atomic mass is 19.3. The molecular weight excluding hydrogens is 410 g/mol. The molecule has 4 rings (SSSR count). The van der Waals surface area contributed by atoms with Gasteiger partial charge in [0.15, 0.2) is 0 Å². The second-order valence-electron chi connectivity index (χ2n) is 6.68. The second kappa shape index (κ2) is 7.94. The number of amides is 3. The second-order valence-corrected chi connectivity index (χ2v) is 6.68. The van der Waals surface area contributed by atoms with E-state index in [2.05, 4.69) is 15.0 Å². The highest BCUT2D eigenvalue weighted by Crippen LogP contribution is 2.32. The Labute approximate surface area is 175 Å². The highest BCUT2D eigenvalue weighted by Gasteiger charge is 2.39. The van der Waals surface area contributed by atoms with Crippen molar-refractivity contribution in [2.75, 3.05) is 22.1 Å². The number of pyridine rings is 1. The van der Waals surface area contributed by atoms with Crippen molar-refractivity contribution in [3.8, 4) is 11.6 Å². The van der Waals surface area contributed by atoms with Crippen molar-refractivity contribution >= 4 is 29.3 Å². The number of urea groups is 1. The highest BCUT2D eigenvalue weighted by molar-refractivity contribution is 6.27. The largest absolute Gasteiger partial charge is 0.439 e. The summed E-state index contributed by atoms with van der Waals surface area (Å²) in [5.74, 6) is 0.229. The van der Waals surface area contributed by atoms with Crippen LogP contribution in [0.4, 0.5) is 30.9 Å². The van der Waals surface area contributed by atoms with Crippen molar-refractivity contribution in [1.29, 1.82) is 0 Å². The van der Waals surface area contributed by atoms with Gasteiger partial charge in [0.2, 0.25) is 11.8 Å². The van der Waals surface area contributed by atoms with Gasteiger partial charge in [-0.3, -0.25) is 14.7 Å². The van der Waals surface area contributed by atoms with Gasteiger partial charge in [-0.15, -0.1) is 0 Å². The van der Waals surface area contributed by atoms with Crippen molar-refractivity contribution < 1.29 is 23.1 Å². The monoisotopic (exact) mass is 426 g/mol. The van der Waals surface area contributed by atoms with Gasteiger partial charge in [-0.2, -0.15) is 4.98 Å². The minimum absolute atomic E-state index is 0.0598. The molecule has 3 aromatic rings. The molecule has 2 aromatic heterocycles. The first kappa shape index (κ1) is 20.1. The van der Waals surface area contributed by atoms with Crippen LogP contribution in [0.1, 0.15) is 17.6 Å². The molecule has 0 unspecified atom stereocenters. The molecule has 0 aliphatic carbocycles. The third-order valence-electron chi connectivity index (χ3n) is 4.55. The average molecular weight is 426 g/mol. The first-order chi connectivity index (χ1) is 14.8. The van der Waals surface area contributed by atoms with Crippen molar-refractivity contribution in [2.24, 2.45) is 0 Å². The number of alkyl halides is 2. The number of ether oxygens (including phenoxy) is 1. The Morgan fingerprint density at radius 1 is 1.16 bits per heavy atom. The molecule has 1 saturated heterocycles. The van der Waals surface area contributed by atoms with Crippen LogP contribution in [0.15, 0.2) is 48.9 Å². The van der Waals surface area contributed by atoms with E-state index in [1.165, 1.54) is 18.5 Å². The van der Waals surface area contributed by atoms with Crippen LogP contribution in [-0.2, 0) is 4.79 Å². The molecule has 0 bridgehead atoms. The molecule has 0 radical (unpaired) electrons. The number of benzene rings is 1. The van der Waals surface area contributed by atoms with Gasteiger partial charge in [0, 0.05) is 24.0 Å². The molecule has 3 amide bonds. The summed E-state index contributed by atoms with van der Waals surface area (Å²) in [4.78, 5) is 39.1. The van der Waals surface area contributed by atoms with E-state index in [4.69, 9.17) is 10.5 Å². The van der Waals surface area contributed by atoms with Crippen LogP contribution in [0.5, 0.6) is 11.6 Å². The van der Waals surface area contributed by atoms with E-state index in [1.54, 1.807) is 25.1 Å². The Kier molecular flexibility index (Phi) is 5.15. The lowest BCUT2D eigenvalue weighted by molar-refractivity contribution is -0.115. The number of nitrogen functional groups attached to an aromatic ring is 1. The number of aromatic nitrogens is 3. The van der Waals surface area contributed by atoms with Gasteiger partial charge >= 0.3 is 6.03 Å². The summed E-state index contributed by atoms with van der Waals surface area (Å²) in [6, 6.07) is 6.79. The Morgan fingerprint density at radius 3 is 2.68 bits per heavy atom. The first-order valence-corrected chi connectivity index (χ1v) is 9.08. The summed E-state index contributed by atoms with van der Waals surface area (Å²) in [6.45, 7) is 1.42. The van der Waals surface area contributed by atoms with E-state index in [9.17, 15) is 18.4 Å². The Bertz CT molecular complexity index is 1170. The number of rotatable bonds is 5. The smallest absolute Gasteiger partial charge is 0.336 e. The first-order valence-electron chi connectivity index (χ1n) is 9.08. The topological polar surface area (TPSA) is 115 Å². The summed E-state index contributed by atoms with van der Waals surface area (Å²) in [5, 5.41) is 0. The van der Waals surface area contributed by atoms with E-state index in [0.717, 1.165) is 22.1 Å². The number of hydrogen-bond donors (Lipinski definition) is 1. The fraction of sp³-hybridized carbons (Fsp3) is 0.150. The van der Waals surface area contributed by atoms with Crippen LogP contribution in [0.25, 0.3) is 0 Å². The molecule has 3 heterocycles. The number of carbonyl (C=O) groups excluding carboxylic acids is 2. The number of aryl methyl sites for hydroxylation is 1. The van der Waals surface area contributed by atoms with Crippen LogP contribution in [0, 0.1) is 6.92 Å². The normalized spacial score (nSPS) is 13.9. The number of hydrogen-bond acceptors (Lipinski definition) is 7. The van der Waals surface area contributed by atoms with Crippen LogP contribution in [-0.4, -0.2) is 33.4 Å². The average Bonchev–Trinajstić information content (AvgIpc) is 3.02. The van der Waals surface area contributed by atoms with E-state index in [0.29, 0.717) is 17.0 Å². The van der Waals surface area contributed by atoms with E-state index >= 15 is 0 Å². The zero-order valence-corrected chi connectivity index (χ0v) is 16.2. The van der Waals surface area contributed by atoms with Gasteiger partial charge in [0.05, 0.1) is 17.6 Å². The van der Waals surface area contributed by atoms with Crippen LogP contribution in [0.3, 0.4) is 0 Å². The van der Waals surface area contributed by atoms with E-state index in [1.807, 2.05) is 0 Å². The number of carbonyl (C=O) groups is 2. The maximum Gasteiger partial charge on any atom is 0.336 e. The zero-order chi connectivity index (χ0) is 22.1. The van der Waals surface area contributed by atoms with Gasteiger partial charge in [-0.1, -0.05) is 0 Å². The standard InChI is InChI=1S/C20H16F2N6O3/c1-11-6-14(31-16-4-5-25-19(23)26-16)2-3-15(11)28-17(29)10-27(20(28)30)13-7-12(18(21)22)8-24-9-13/h2-9,18H,10H2,1H3,(H2,23,25,26). The lowest BCUT2D eigenvalue weighted by atomic mass is 10.1. The molecule has 1 aliphatic rings. The lowest BCUT2D eigenvalue weighted by Crippen LogP contribution is -2.33. The maximum atomic E-state index is 13.0. The SMILES string of the molecule is Cc1cc(Oc2ccnc(N)n2)ccc1N1C(=O)CN(c2cncc(C(F)F)c2)C1=O. The predicted molar refractivity (Wildman–Crippen MR) is 107 cm³/mol. The molecule has 1 fully saturated rings. The minimum Gasteiger partial charge on any atom is -0.439 e. The summed E-state index contributed by atoms with van der Waals surface area (Å²) < 4.78 is 31.6. The minimum atomic E-state index is -2.74. The zero-order valence-electron chi connectivity index (χ0n) is 16.2. The summed E-state index contributed by atoms with van der Waals surface area (Å²) in [5.41, 5.74) is 6.26. The number of imide groups is 1. The van der Waals surface area contributed by atoms with Gasteiger partial charge < -0.3 is 10.5 Å². The summed E-state index contributed by atoms with van der Waals surface area (Å²) in [7, 11) is 0. The number of nitrogens with two attached hydrogens (primary N) is 1. The number of anilines is 3. The summed E-state index contributed by atoms with van der Waals surface area (Å²) in [6.07, 6.45) is 0.990. The maximum absolute atomic E-state index is 13.0. The molecule has 2 N–H and O–H groups in total. The molecule has 0 saturated carbocycles. The quantitative estimate of drug-likeness (QED) is 0.621. The third-order valence-corrected chi connectivity index (χ3v) is 4.55. The molecule has 9 nitrogen and oxygen atoms in total. The van der Waals surface area contributed by atoms with Crippen molar-refractivity contribution in [3.63, 3.8) is 0 Å². The fourth-order valence-electron chi connectivity index (χ4n) is 3.13.